The maximum absolute atomic E-state index is 12.5. The predicted molar refractivity (Wildman–Crippen MR) is 112 cm³/mol. The van der Waals surface area contributed by atoms with Crippen molar-refractivity contribution >= 4 is 18.0 Å². The molecule has 2 aromatic rings. The first-order valence-electron chi connectivity index (χ1n) is 9.34. The number of aryl methyl sites for hydroxylation is 3. The third kappa shape index (κ3) is 6.24. The van der Waals surface area contributed by atoms with Crippen LogP contribution in [0.15, 0.2) is 41.4 Å². The van der Waals surface area contributed by atoms with Crippen molar-refractivity contribution in [3.05, 3.63) is 64.2 Å². The van der Waals surface area contributed by atoms with Crippen molar-refractivity contribution in [3.63, 3.8) is 0 Å². The maximum Gasteiger partial charge on any atom is 0.338 e. The minimum atomic E-state index is -0.302. The monoisotopic (exact) mass is 366 g/mol. The molecule has 0 saturated heterocycles. The summed E-state index contributed by atoms with van der Waals surface area (Å²) in [6.45, 7) is 11.5. The van der Waals surface area contributed by atoms with Gasteiger partial charge in [0.2, 0.25) is 0 Å². The van der Waals surface area contributed by atoms with Gasteiger partial charge in [-0.15, -0.1) is 0 Å². The van der Waals surface area contributed by atoms with Gasteiger partial charge in [0.15, 0.2) is 0 Å². The van der Waals surface area contributed by atoms with Crippen molar-refractivity contribution in [3.8, 4) is 0 Å². The van der Waals surface area contributed by atoms with Crippen LogP contribution in [-0.4, -0.2) is 30.8 Å². The molecule has 2 aromatic carbocycles. The third-order valence-corrected chi connectivity index (χ3v) is 4.30. The highest BCUT2D eigenvalue weighted by molar-refractivity contribution is 5.92. The number of aliphatic imine (C=N–C) groups is 1. The minimum Gasteiger partial charge on any atom is -0.457 e. The second kappa shape index (κ2) is 9.36. The Morgan fingerprint density at radius 2 is 1.78 bits per heavy atom. The van der Waals surface area contributed by atoms with Crippen molar-refractivity contribution in [2.75, 3.05) is 13.6 Å². The Balaban J connectivity index is 2.07. The van der Waals surface area contributed by atoms with Crippen molar-refractivity contribution in [1.82, 2.24) is 4.90 Å². The van der Waals surface area contributed by atoms with E-state index in [1.54, 1.807) is 0 Å². The Morgan fingerprint density at radius 1 is 1.11 bits per heavy atom. The van der Waals surface area contributed by atoms with Gasteiger partial charge in [0.25, 0.3) is 0 Å². The van der Waals surface area contributed by atoms with Gasteiger partial charge in [0.05, 0.1) is 17.6 Å². The Kier molecular flexibility index (Phi) is 7.17. The van der Waals surface area contributed by atoms with Crippen LogP contribution in [0, 0.1) is 26.7 Å². The molecule has 0 aromatic heterocycles. The van der Waals surface area contributed by atoms with Crippen LogP contribution in [0.25, 0.3) is 0 Å². The summed E-state index contributed by atoms with van der Waals surface area (Å²) in [7, 11) is 2.02. The zero-order valence-electron chi connectivity index (χ0n) is 17.2. The van der Waals surface area contributed by atoms with Crippen molar-refractivity contribution in [1.29, 1.82) is 0 Å². The number of carbonyl (C=O) groups is 1. The number of ether oxygens (including phenoxy) is 1. The topological polar surface area (TPSA) is 41.9 Å². The molecule has 0 unspecified atom stereocenters. The van der Waals surface area contributed by atoms with Crippen LogP contribution < -0.4 is 0 Å². The van der Waals surface area contributed by atoms with Crippen LogP contribution in [-0.2, 0) is 11.3 Å². The number of carbonyl (C=O) groups excluding carboxylic acids is 1. The lowest BCUT2D eigenvalue weighted by atomic mass is 10.0. The van der Waals surface area contributed by atoms with Gasteiger partial charge < -0.3 is 9.64 Å². The molecule has 0 fully saturated rings. The van der Waals surface area contributed by atoms with Crippen LogP contribution in [0.2, 0.25) is 0 Å². The lowest BCUT2D eigenvalue weighted by Gasteiger charge is -2.16. The average Bonchev–Trinajstić information content (AvgIpc) is 2.60. The van der Waals surface area contributed by atoms with E-state index < -0.39 is 0 Å². The van der Waals surface area contributed by atoms with E-state index in [9.17, 15) is 4.79 Å². The molecule has 0 heterocycles. The quantitative estimate of drug-likeness (QED) is 0.383. The second-order valence-corrected chi connectivity index (χ2v) is 7.59. The van der Waals surface area contributed by atoms with Crippen molar-refractivity contribution in [2.45, 2.75) is 41.2 Å². The normalized spacial score (nSPS) is 11.2. The molecule has 0 bridgehead atoms. The molecule has 27 heavy (non-hydrogen) atoms. The molecule has 0 aliphatic heterocycles. The Labute approximate surface area is 162 Å². The summed E-state index contributed by atoms with van der Waals surface area (Å²) in [6.07, 6.45) is 1.84. The first kappa shape index (κ1) is 20.7. The van der Waals surface area contributed by atoms with Crippen LogP contribution in [0.3, 0.4) is 0 Å². The lowest BCUT2D eigenvalue weighted by Crippen LogP contribution is -2.21. The van der Waals surface area contributed by atoms with Crippen LogP contribution in [0.4, 0.5) is 5.69 Å². The van der Waals surface area contributed by atoms with Crippen LogP contribution in [0.1, 0.15) is 46.5 Å². The average molecular weight is 367 g/mol. The predicted octanol–water partition coefficient (Wildman–Crippen LogP) is 5.22. The van der Waals surface area contributed by atoms with E-state index >= 15 is 0 Å². The van der Waals surface area contributed by atoms with Gasteiger partial charge in [-0.3, -0.25) is 0 Å². The van der Waals surface area contributed by atoms with Gasteiger partial charge in [-0.1, -0.05) is 43.7 Å². The number of nitrogens with zero attached hydrogens (tertiary/aromatic N) is 2. The van der Waals surface area contributed by atoms with Crippen molar-refractivity contribution in [2.24, 2.45) is 10.9 Å². The number of benzene rings is 2. The lowest BCUT2D eigenvalue weighted by molar-refractivity contribution is 0.0472. The SMILES string of the molecule is Cc1ccc(COC(=O)c2cc(C)c(N=CN(C)CC(C)C)cc2C)cc1. The van der Waals surface area contributed by atoms with E-state index in [0.717, 1.165) is 28.9 Å². The fraction of sp³-hybridized carbons (Fsp3) is 0.391. The molecule has 0 aliphatic rings. The van der Waals surface area contributed by atoms with E-state index in [2.05, 4.69) is 23.7 Å². The fourth-order valence-electron chi connectivity index (χ4n) is 2.85. The van der Waals surface area contributed by atoms with Gasteiger partial charge in [0.1, 0.15) is 6.61 Å². The van der Waals surface area contributed by atoms with Gasteiger partial charge in [0, 0.05) is 13.6 Å². The molecule has 0 spiro atoms. The Morgan fingerprint density at radius 3 is 2.41 bits per heavy atom. The van der Waals surface area contributed by atoms with E-state index in [1.807, 2.05) is 70.6 Å². The van der Waals surface area contributed by atoms with E-state index in [4.69, 9.17) is 4.74 Å². The Hall–Kier alpha value is -2.62. The summed E-state index contributed by atoms with van der Waals surface area (Å²) in [6, 6.07) is 11.8. The molecule has 0 saturated carbocycles. The van der Waals surface area contributed by atoms with Gasteiger partial charge in [-0.2, -0.15) is 0 Å². The van der Waals surface area contributed by atoms with Gasteiger partial charge >= 0.3 is 5.97 Å². The van der Waals surface area contributed by atoms with Crippen molar-refractivity contribution < 1.29 is 9.53 Å². The molecule has 0 N–H and O–H groups in total. The number of hydrogen-bond donors (Lipinski definition) is 0. The molecule has 0 atom stereocenters. The number of hydrogen-bond acceptors (Lipinski definition) is 3. The van der Waals surface area contributed by atoms with E-state index in [-0.39, 0.29) is 12.6 Å². The molecular formula is C23H30N2O2. The molecule has 4 nitrogen and oxygen atoms in total. The minimum absolute atomic E-state index is 0.275. The largest absolute Gasteiger partial charge is 0.457 e. The second-order valence-electron chi connectivity index (χ2n) is 7.59. The molecule has 0 aliphatic carbocycles. The maximum atomic E-state index is 12.5. The highest BCUT2D eigenvalue weighted by atomic mass is 16.5. The molecule has 0 amide bonds. The third-order valence-electron chi connectivity index (χ3n) is 4.30. The van der Waals surface area contributed by atoms with Crippen LogP contribution in [0.5, 0.6) is 0 Å². The van der Waals surface area contributed by atoms with Gasteiger partial charge in [-0.05, 0) is 55.5 Å². The fourth-order valence-corrected chi connectivity index (χ4v) is 2.85. The summed E-state index contributed by atoms with van der Waals surface area (Å²) < 4.78 is 5.49. The first-order valence-corrected chi connectivity index (χ1v) is 9.34. The molecular weight excluding hydrogens is 336 g/mol. The molecule has 4 heteroatoms. The highest BCUT2D eigenvalue weighted by Crippen LogP contribution is 2.24. The molecule has 0 radical (unpaired) electrons. The first-order chi connectivity index (χ1) is 12.8. The van der Waals surface area contributed by atoms with E-state index in [0.29, 0.717) is 11.5 Å². The summed E-state index contributed by atoms with van der Waals surface area (Å²) in [5.74, 6) is 0.276. The standard InChI is InChI=1S/C23H30N2O2/c1-16(2)13-25(6)15-24-22-12-18(4)21(11-19(22)5)23(26)27-14-20-9-7-17(3)8-10-20/h7-12,15-16H,13-14H2,1-6H3. The van der Waals surface area contributed by atoms with E-state index in [1.165, 1.54) is 5.56 Å². The highest BCUT2D eigenvalue weighted by Gasteiger charge is 2.13. The summed E-state index contributed by atoms with van der Waals surface area (Å²) in [4.78, 5) is 19.1. The number of rotatable bonds is 7. The van der Waals surface area contributed by atoms with Gasteiger partial charge in [-0.25, -0.2) is 9.79 Å². The van der Waals surface area contributed by atoms with Crippen LogP contribution >= 0.6 is 0 Å². The zero-order chi connectivity index (χ0) is 20.0. The zero-order valence-corrected chi connectivity index (χ0v) is 17.2. The summed E-state index contributed by atoms with van der Waals surface area (Å²) in [5.41, 5.74) is 5.46. The molecule has 144 valence electrons. The smallest absolute Gasteiger partial charge is 0.338 e. The Bertz CT molecular complexity index is 808. The molecule has 2 rings (SSSR count). The summed E-state index contributed by atoms with van der Waals surface area (Å²) in [5, 5.41) is 0. The number of esters is 1. The summed E-state index contributed by atoms with van der Waals surface area (Å²) >= 11 is 0.